The Morgan fingerprint density at radius 2 is 1.81 bits per heavy atom. The fraction of sp³-hybridized carbons (Fsp3) is 0.348. The summed E-state index contributed by atoms with van der Waals surface area (Å²) in [6, 6.07) is 16.1. The molecule has 2 heterocycles. The Bertz CT molecular complexity index is 839. The van der Waals surface area contributed by atoms with Gasteiger partial charge in [0.15, 0.2) is 0 Å². The van der Waals surface area contributed by atoms with E-state index >= 15 is 0 Å². The van der Waals surface area contributed by atoms with Gasteiger partial charge in [0, 0.05) is 0 Å². The van der Waals surface area contributed by atoms with Gasteiger partial charge in [0.2, 0.25) is 0 Å². The Morgan fingerprint density at radius 3 is 2.52 bits per heavy atom. The molecule has 4 rings (SSSR count). The van der Waals surface area contributed by atoms with Gasteiger partial charge in [-0.2, -0.15) is 0 Å². The van der Waals surface area contributed by atoms with Crippen LogP contribution in [0.5, 0.6) is 0 Å². The first kappa shape index (κ1) is 17.8. The number of nitrogens with zero attached hydrogens (tertiary/aromatic N) is 1. The molecule has 27 heavy (non-hydrogen) atoms. The summed E-state index contributed by atoms with van der Waals surface area (Å²) in [4.78, 5) is 14.6. The van der Waals surface area contributed by atoms with Gasteiger partial charge in [-0.1, -0.05) is 54.6 Å². The summed E-state index contributed by atoms with van der Waals surface area (Å²) in [5, 5.41) is 0. The Kier molecular flexibility index (Phi) is 4.99. The molecule has 2 bridgehead atoms. The molecule has 2 aliphatic heterocycles. The summed E-state index contributed by atoms with van der Waals surface area (Å²) >= 11 is 0. The van der Waals surface area contributed by atoms with Crippen molar-refractivity contribution in [3.63, 3.8) is 0 Å². The number of aryl methyl sites for hydroxylation is 2. The molecule has 0 aromatic heterocycles. The molecular weight excluding hydrogens is 338 g/mol. The van der Waals surface area contributed by atoms with Crippen LogP contribution in [0.3, 0.4) is 0 Å². The Morgan fingerprint density at radius 1 is 1.07 bits per heavy atom. The van der Waals surface area contributed by atoms with Crippen LogP contribution in [0, 0.1) is 13.8 Å². The van der Waals surface area contributed by atoms with Crippen LogP contribution in [-0.2, 0) is 16.1 Å². The number of carbonyl (C=O) groups excluding carboxylic acids is 1. The second kappa shape index (κ2) is 7.57. The van der Waals surface area contributed by atoms with E-state index in [1.54, 1.807) is 0 Å². The van der Waals surface area contributed by atoms with E-state index in [2.05, 4.69) is 38.1 Å². The van der Waals surface area contributed by atoms with Crippen LogP contribution >= 0.6 is 0 Å². The topological polar surface area (TPSA) is 38.8 Å². The van der Waals surface area contributed by atoms with Gasteiger partial charge in [-0.05, 0) is 48.1 Å². The number of amides is 1. The lowest BCUT2D eigenvalue weighted by atomic mass is 9.86. The van der Waals surface area contributed by atoms with Crippen LogP contribution in [0.1, 0.15) is 28.7 Å². The second-order valence-electron chi connectivity index (χ2n) is 7.37. The molecule has 0 N–H and O–H groups in total. The summed E-state index contributed by atoms with van der Waals surface area (Å²) in [6.07, 6.45) is 2.73. The first-order valence-corrected chi connectivity index (χ1v) is 9.47. The maximum atomic E-state index is 12.8. The molecule has 0 aliphatic carbocycles. The molecule has 4 heteroatoms. The monoisotopic (exact) mass is 363 g/mol. The number of ether oxygens (including phenoxy) is 2. The van der Waals surface area contributed by atoms with Crippen LogP contribution in [0.2, 0.25) is 0 Å². The zero-order valence-corrected chi connectivity index (χ0v) is 15.9. The van der Waals surface area contributed by atoms with Gasteiger partial charge >= 0.3 is 6.09 Å². The lowest BCUT2D eigenvalue weighted by Gasteiger charge is -2.44. The van der Waals surface area contributed by atoms with Crippen molar-refractivity contribution >= 4 is 11.7 Å². The molecule has 4 nitrogen and oxygen atoms in total. The van der Waals surface area contributed by atoms with Gasteiger partial charge in [0.1, 0.15) is 6.61 Å². The molecule has 2 aromatic rings. The zero-order valence-electron chi connectivity index (χ0n) is 15.9. The van der Waals surface area contributed by atoms with Gasteiger partial charge < -0.3 is 9.47 Å². The van der Waals surface area contributed by atoms with E-state index in [0.717, 1.165) is 12.0 Å². The first-order valence-electron chi connectivity index (χ1n) is 9.47. The van der Waals surface area contributed by atoms with E-state index in [0.29, 0.717) is 19.8 Å². The third kappa shape index (κ3) is 3.62. The molecular formula is C23H25NO3. The standard InChI is InChI=1S/C23H25NO3/c1-16-7-6-8-17(2)22(16)19-11-20-14-26-15-21(12-19)24(20)23(25)27-13-18-9-4-3-5-10-18/h3-11,20-21H,12-15H2,1-2H3. The van der Waals surface area contributed by atoms with Crippen LogP contribution in [0.25, 0.3) is 5.57 Å². The van der Waals surface area contributed by atoms with E-state index in [4.69, 9.17) is 9.47 Å². The average Bonchev–Trinajstić information content (AvgIpc) is 2.66. The van der Waals surface area contributed by atoms with Crippen LogP contribution in [0.15, 0.2) is 54.6 Å². The molecule has 1 fully saturated rings. The van der Waals surface area contributed by atoms with Gasteiger partial charge in [0.25, 0.3) is 0 Å². The van der Waals surface area contributed by atoms with E-state index in [9.17, 15) is 4.79 Å². The minimum absolute atomic E-state index is 0.0195. The van der Waals surface area contributed by atoms with Crippen molar-refractivity contribution in [2.24, 2.45) is 0 Å². The maximum Gasteiger partial charge on any atom is 0.411 e. The van der Waals surface area contributed by atoms with Gasteiger partial charge in [0.05, 0.1) is 25.3 Å². The van der Waals surface area contributed by atoms with Crippen molar-refractivity contribution in [2.75, 3.05) is 13.2 Å². The second-order valence-corrected chi connectivity index (χ2v) is 7.37. The molecule has 2 aromatic carbocycles. The van der Waals surface area contributed by atoms with E-state index in [1.807, 2.05) is 35.2 Å². The molecule has 2 atom stereocenters. The van der Waals surface area contributed by atoms with E-state index in [-0.39, 0.29) is 18.2 Å². The van der Waals surface area contributed by atoms with E-state index in [1.165, 1.54) is 22.3 Å². The number of fused-ring (bicyclic) bond motifs is 2. The lowest BCUT2D eigenvalue weighted by molar-refractivity contribution is -0.0342. The van der Waals surface area contributed by atoms with Gasteiger partial charge in [-0.15, -0.1) is 0 Å². The number of hydrogen-bond acceptors (Lipinski definition) is 3. The number of hydrogen-bond donors (Lipinski definition) is 0. The van der Waals surface area contributed by atoms with Crippen molar-refractivity contribution < 1.29 is 14.3 Å². The lowest BCUT2D eigenvalue weighted by Crippen LogP contribution is -2.56. The smallest absolute Gasteiger partial charge is 0.411 e. The molecule has 1 saturated heterocycles. The van der Waals surface area contributed by atoms with Crippen molar-refractivity contribution in [2.45, 2.75) is 39.0 Å². The van der Waals surface area contributed by atoms with Gasteiger partial charge in [-0.3, -0.25) is 4.90 Å². The largest absolute Gasteiger partial charge is 0.445 e. The predicted molar refractivity (Wildman–Crippen MR) is 105 cm³/mol. The zero-order chi connectivity index (χ0) is 18.8. The number of benzene rings is 2. The van der Waals surface area contributed by atoms with Gasteiger partial charge in [-0.25, -0.2) is 4.79 Å². The van der Waals surface area contributed by atoms with Crippen LogP contribution in [0.4, 0.5) is 4.79 Å². The average molecular weight is 363 g/mol. The summed E-state index contributed by atoms with van der Waals surface area (Å²) in [5.41, 5.74) is 6.18. The van der Waals surface area contributed by atoms with Crippen molar-refractivity contribution in [3.8, 4) is 0 Å². The van der Waals surface area contributed by atoms with Crippen molar-refractivity contribution in [1.82, 2.24) is 4.90 Å². The molecule has 140 valence electrons. The van der Waals surface area contributed by atoms with E-state index < -0.39 is 0 Å². The minimum Gasteiger partial charge on any atom is -0.445 e. The summed E-state index contributed by atoms with van der Waals surface area (Å²) in [5.74, 6) is 0. The third-order valence-corrected chi connectivity index (χ3v) is 5.42. The highest BCUT2D eigenvalue weighted by molar-refractivity contribution is 5.76. The highest BCUT2D eigenvalue weighted by Crippen LogP contribution is 2.35. The predicted octanol–water partition coefficient (Wildman–Crippen LogP) is 4.50. The normalized spacial score (nSPS) is 21.6. The number of morpholine rings is 1. The van der Waals surface area contributed by atoms with Crippen molar-refractivity contribution in [1.29, 1.82) is 0 Å². The SMILES string of the molecule is Cc1cccc(C)c1C1=CC2COCC(C1)N2C(=O)OCc1ccccc1. The minimum atomic E-state index is -0.256. The molecule has 0 spiro atoms. The summed E-state index contributed by atoms with van der Waals surface area (Å²) in [6.45, 7) is 5.67. The molecule has 0 saturated carbocycles. The molecule has 2 aliphatic rings. The van der Waals surface area contributed by atoms with Crippen molar-refractivity contribution in [3.05, 3.63) is 76.9 Å². The molecule has 2 unspecified atom stereocenters. The number of rotatable bonds is 3. The quantitative estimate of drug-likeness (QED) is 0.806. The molecule has 1 amide bonds. The Hall–Kier alpha value is -2.59. The fourth-order valence-electron chi connectivity index (χ4n) is 4.18. The maximum absolute atomic E-state index is 12.8. The fourth-order valence-corrected chi connectivity index (χ4v) is 4.18. The first-order chi connectivity index (χ1) is 13.1. The van der Waals surface area contributed by atoms with Crippen LogP contribution < -0.4 is 0 Å². The number of carbonyl (C=O) groups is 1. The highest BCUT2D eigenvalue weighted by Gasteiger charge is 2.39. The third-order valence-electron chi connectivity index (χ3n) is 5.42. The highest BCUT2D eigenvalue weighted by atomic mass is 16.6. The van der Waals surface area contributed by atoms with Crippen LogP contribution in [-0.4, -0.2) is 36.3 Å². The summed E-state index contributed by atoms with van der Waals surface area (Å²) < 4.78 is 11.3. The summed E-state index contributed by atoms with van der Waals surface area (Å²) in [7, 11) is 0. The Labute approximate surface area is 160 Å². The Balaban J connectivity index is 1.54. The molecule has 0 radical (unpaired) electrons.